The van der Waals surface area contributed by atoms with Crippen molar-refractivity contribution in [2.75, 3.05) is 20.2 Å². The number of phenols is 1. The summed E-state index contributed by atoms with van der Waals surface area (Å²) < 4.78 is 10.5. The second-order valence-electron chi connectivity index (χ2n) is 6.11. The van der Waals surface area contributed by atoms with Crippen LogP contribution in [0.4, 0.5) is 0 Å². The number of esters is 1. The van der Waals surface area contributed by atoms with Gasteiger partial charge < -0.3 is 19.5 Å². The van der Waals surface area contributed by atoms with Gasteiger partial charge in [0.15, 0.2) is 0 Å². The average molecular weight is 355 g/mol. The van der Waals surface area contributed by atoms with Crippen molar-refractivity contribution in [1.29, 1.82) is 0 Å². The van der Waals surface area contributed by atoms with Gasteiger partial charge in [-0.15, -0.1) is 0 Å². The van der Waals surface area contributed by atoms with E-state index < -0.39 is 12.1 Å². The highest BCUT2D eigenvalue weighted by atomic mass is 16.5. The maximum atomic E-state index is 12.9. The Balaban J connectivity index is 1.85. The van der Waals surface area contributed by atoms with Gasteiger partial charge >= 0.3 is 5.97 Å². The van der Waals surface area contributed by atoms with Crippen LogP contribution in [0.25, 0.3) is 0 Å². The minimum Gasteiger partial charge on any atom is -0.507 e. The number of aromatic hydroxyl groups is 1. The lowest BCUT2D eigenvalue weighted by Crippen LogP contribution is -2.34. The predicted octanol–water partition coefficient (Wildman–Crippen LogP) is 2.92. The Labute approximate surface area is 152 Å². The molecular formula is C20H21NO5. The highest BCUT2D eigenvalue weighted by Crippen LogP contribution is 2.28. The Hall–Kier alpha value is -3.02. The summed E-state index contributed by atoms with van der Waals surface area (Å²) >= 11 is 0. The zero-order valence-electron chi connectivity index (χ0n) is 14.6. The molecule has 0 aromatic heterocycles. The Morgan fingerprint density at radius 2 is 1.77 bits per heavy atom. The van der Waals surface area contributed by atoms with E-state index in [-0.39, 0.29) is 17.2 Å². The molecule has 3 rings (SSSR count). The monoisotopic (exact) mass is 355 g/mol. The SMILES string of the molecule is COc1ccc(C(=O)O[C@@H](C(=O)N2CCCC2)c2ccccc2)c(O)c1. The van der Waals surface area contributed by atoms with Crippen molar-refractivity contribution in [3.05, 3.63) is 59.7 Å². The normalized spacial score (nSPS) is 14.7. The number of methoxy groups -OCH3 is 1. The lowest BCUT2D eigenvalue weighted by Gasteiger charge is -2.23. The van der Waals surface area contributed by atoms with Gasteiger partial charge in [-0.1, -0.05) is 30.3 Å². The Morgan fingerprint density at radius 3 is 2.38 bits per heavy atom. The predicted molar refractivity (Wildman–Crippen MR) is 95.1 cm³/mol. The van der Waals surface area contributed by atoms with Gasteiger partial charge in [-0.05, 0) is 25.0 Å². The van der Waals surface area contributed by atoms with Crippen LogP contribution in [-0.2, 0) is 9.53 Å². The summed E-state index contributed by atoms with van der Waals surface area (Å²) in [4.78, 5) is 27.1. The third-order valence-corrected chi connectivity index (χ3v) is 4.39. The standard InChI is InChI=1S/C20H21NO5/c1-25-15-9-10-16(17(22)13-15)20(24)26-18(14-7-3-2-4-8-14)19(23)21-11-5-6-12-21/h2-4,7-10,13,18,22H,5-6,11-12H2,1H3/t18-/m1/s1. The van der Waals surface area contributed by atoms with E-state index in [0.29, 0.717) is 24.4 Å². The molecule has 1 fully saturated rings. The van der Waals surface area contributed by atoms with Crippen molar-refractivity contribution in [2.45, 2.75) is 18.9 Å². The van der Waals surface area contributed by atoms with Crippen LogP contribution in [0.2, 0.25) is 0 Å². The maximum Gasteiger partial charge on any atom is 0.343 e. The number of phenolic OH excluding ortho intramolecular Hbond substituents is 1. The fourth-order valence-electron chi connectivity index (χ4n) is 2.97. The van der Waals surface area contributed by atoms with Gasteiger partial charge in [0.1, 0.15) is 17.1 Å². The summed E-state index contributed by atoms with van der Waals surface area (Å²) in [6.07, 6.45) is 0.851. The highest BCUT2D eigenvalue weighted by molar-refractivity contribution is 5.95. The number of amides is 1. The van der Waals surface area contributed by atoms with Gasteiger partial charge in [0.2, 0.25) is 6.10 Å². The molecule has 1 aliphatic rings. The third kappa shape index (κ3) is 3.79. The van der Waals surface area contributed by atoms with E-state index in [1.165, 1.54) is 19.2 Å². The lowest BCUT2D eigenvalue weighted by atomic mass is 10.1. The molecule has 1 saturated heterocycles. The summed E-state index contributed by atoms with van der Waals surface area (Å²) in [5, 5.41) is 10.1. The molecule has 6 nitrogen and oxygen atoms in total. The van der Waals surface area contributed by atoms with Crippen LogP contribution in [0.5, 0.6) is 11.5 Å². The first-order valence-corrected chi connectivity index (χ1v) is 8.52. The van der Waals surface area contributed by atoms with Crippen molar-refractivity contribution in [1.82, 2.24) is 4.90 Å². The summed E-state index contributed by atoms with van der Waals surface area (Å²) in [5.41, 5.74) is 0.590. The number of hydrogen-bond acceptors (Lipinski definition) is 5. The molecule has 26 heavy (non-hydrogen) atoms. The largest absolute Gasteiger partial charge is 0.507 e. The molecule has 2 aromatic rings. The Morgan fingerprint density at radius 1 is 1.08 bits per heavy atom. The topological polar surface area (TPSA) is 76.1 Å². The zero-order chi connectivity index (χ0) is 18.5. The molecule has 1 amide bonds. The molecule has 0 saturated carbocycles. The van der Waals surface area contributed by atoms with Crippen LogP contribution in [0, 0.1) is 0 Å². The molecule has 6 heteroatoms. The highest BCUT2D eigenvalue weighted by Gasteiger charge is 2.31. The molecule has 1 atom stereocenters. The van der Waals surface area contributed by atoms with E-state index >= 15 is 0 Å². The molecule has 136 valence electrons. The van der Waals surface area contributed by atoms with Crippen LogP contribution in [0.1, 0.15) is 34.9 Å². The summed E-state index contributed by atoms with van der Waals surface area (Å²) in [7, 11) is 1.47. The smallest absolute Gasteiger partial charge is 0.343 e. The average Bonchev–Trinajstić information content (AvgIpc) is 3.20. The number of ether oxygens (including phenoxy) is 2. The van der Waals surface area contributed by atoms with E-state index in [4.69, 9.17) is 9.47 Å². The molecule has 0 radical (unpaired) electrons. The van der Waals surface area contributed by atoms with E-state index in [1.54, 1.807) is 35.2 Å². The Bertz CT molecular complexity index is 784. The maximum absolute atomic E-state index is 12.9. The first-order chi connectivity index (χ1) is 12.6. The quantitative estimate of drug-likeness (QED) is 0.835. The van der Waals surface area contributed by atoms with E-state index in [2.05, 4.69) is 0 Å². The molecular weight excluding hydrogens is 334 g/mol. The summed E-state index contributed by atoms with van der Waals surface area (Å²) in [6.45, 7) is 1.32. The minimum atomic E-state index is -1.04. The molecule has 0 bridgehead atoms. The fraction of sp³-hybridized carbons (Fsp3) is 0.300. The van der Waals surface area contributed by atoms with Crippen molar-refractivity contribution in [3.8, 4) is 11.5 Å². The van der Waals surface area contributed by atoms with E-state index in [1.807, 2.05) is 6.07 Å². The van der Waals surface area contributed by atoms with Crippen molar-refractivity contribution >= 4 is 11.9 Å². The van der Waals surface area contributed by atoms with Crippen LogP contribution in [0.15, 0.2) is 48.5 Å². The van der Waals surface area contributed by atoms with Crippen LogP contribution >= 0.6 is 0 Å². The molecule has 1 aliphatic heterocycles. The fourth-order valence-corrected chi connectivity index (χ4v) is 2.97. The van der Waals surface area contributed by atoms with Gasteiger partial charge in [-0.2, -0.15) is 0 Å². The van der Waals surface area contributed by atoms with Crippen LogP contribution in [-0.4, -0.2) is 42.1 Å². The van der Waals surface area contributed by atoms with Crippen molar-refractivity contribution in [2.24, 2.45) is 0 Å². The summed E-state index contributed by atoms with van der Waals surface area (Å²) in [5.74, 6) is -0.830. The third-order valence-electron chi connectivity index (χ3n) is 4.39. The Kier molecular flexibility index (Phi) is 5.41. The summed E-state index contributed by atoms with van der Waals surface area (Å²) in [6, 6.07) is 13.2. The molecule has 0 spiro atoms. The van der Waals surface area contributed by atoms with Gasteiger partial charge in [-0.3, -0.25) is 4.79 Å². The van der Waals surface area contributed by atoms with Gasteiger partial charge in [-0.25, -0.2) is 4.79 Å². The molecule has 1 N–H and O–H groups in total. The first-order valence-electron chi connectivity index (χ1n) is 8.52. The first kappa shape index (κ1) is 17.8. The zero-order valence-corrected chi connectivity index (χ0v) is 14.6. The molecule has 0 aliphatic carbocycles. The number of carbonyl (C=O) groups is 2. The number of nitrogens with zero attached hydrogens (tertiary/aromatic N) is 1. The number of rotatable bonds is 5. The van der Waals surface area contributed by atoms with Gasteiger partial charge in [0.25, 0.3) is 5.91 Å². The molecule has 0 unspecified atom stereocenters. The molecule has 2 aromatic carbocycles. The van der Waals surface area contributed by atoms with E-state index in [0.717, 1.165) is 12.8 Å². The van der Waals surface area contributed by atoms with Crippen LogP contribution in [0.3, 0.4) is 0 Å². The van der Waals surface area contributed by atoms with Crippen LogP contribution < -0.4 is 4.74 Å². The van der Waals surface area contributed by atoms with Crippen molar-refractivity contribution < 1.29 is 24.2 Å². The molecule has 1 heterocycles. The van der Waals surface area contributed by atoms with Crippen molar-refractivity contribution in [3.63, 3.8) is 0 Å². The van der Waals surface area contributed by atoms with Gasteiger partial charge in [0, 0.05) is 24.7 Å². The number of benzene rings is 2. The van der Waals surface area contributed by atoms with E-state index in [9.17, 15) is 14.7 Å². The number of likely N-dealkylation sites (tertiary alicyclic amines) is 1. The second-order valence-corrected chi connectivity index (χ2v) is 6.11. The number of hydrogen-bond donors (Lipinski definition) is 1. The lowest BCUT2D eigenvalue weighted by molar-refractivity contribution is -0.140. The second kappa shape index (κ2) is 7.91. The minimum absolute atomic E-state index is 0.0130. The number of carbonyl (C=O) groups excluding carboxylic acids is 2. The van der Waals surface area contributed by atoms with Gasteiger partial charge in [0.05, 0.1) is 7.11 Å².